The quantitative estimate of drug-likeness (QED) is 0.819. The number of hydrogen-bond acceptors (Lipinski definition) is 2. The summed E-state index contributed by atoms with van der Waals surface area (Å²) in [6, 6.07) is 6.27. The number of aromatic hydroxyl groups is 1. The average Bonchev–Trinajstić information content (AvgIpc) is 2.90. The Kier molecular flexibility index (Phi) is 3.76. The molecule has 1 fully saturated rings. The molecule has 2 nitrogen and oxygen atoms in total. The molecular weight excluding hydrogens is 222 g/mol. The molecule has 98 valence electrons. The number of phenols is 1. The van der Waals surface area contributed by atoms with Crippen LogP contribution in [0.15, 0.2) is 24.3 Å². The third-order valence-electron chi connectivity index (χ3n) is 3.88. The zero-order chi connectivity index (χ0) is 13.3. The molecule has 0 radical (unpaired) electrons. The lowest BCUT2D eigenvalue weighted by Gasteiger charge is -2.25. The van der Waals surface area contributed by atoms with Crippen molar-refractivity contribution in [3.8, 4) is 5.75 Å². The van der Waals surface area contributed by atoms with Crippen molar-refractivity contribution in [2.24, 2.45) is 5.92 Å². The summed E-state index contributed by atoms with van der Waals surface area (Å²) in [5, 5.41) is 9.43. The number of fused-ring (bicyclic) bond motifs is 2. The summed E-state index contributed by atoms with van der Waals surface area (Å²) in [6.07, 6.45) is 3.69. The Labute approximate surface area is 110 Å². The van der Waals surface area contributed by atoms with Crippen LogP contribution in [0.2, 0.25) is 0 Å². The van der Waals surface area contributed by atoms with Gasteiger partial charge in [-0.2, -0.15) is 0 Å². The minimum atomic E-state index is 0.360. The Hall–Kier alpha value is -1.28. The van der Waals surface area contributed by atoms with Gasteiger partial charge in [0.25, 0.3) is 0 Å². The molecular formula is C16H23NO. The highest BCUT2D eigenvalue weighted by Gasteiger charge is 2.37. The maximum Gasteiger partial charge on any atom is 0.115 e. The Morgan fingerprint density at radius 3 is 2.56 bits per heavy atom. The molecule has 0 saturated carbocycles. The second-order valence-electron chi connectivity index (χ2n) is 5.07. The van der Waals surface area contributed by atoms with Gasteiger partial charge in [-0.15, -0.1) is 0 Å². The van der Waals surface area contributed by atoms with Gasteiger partial charge in [-0.1, -0.05) is 26.0 Å². The van der Waals surface area contributed by atoms with Gasteiger partial charge in [0.15, 0.2) is 0 Å². The maximum atomic E-state index is 9.43. The number of hydrogen-bond donors (Lipinski definition) is 1. The average molecular weight is 245 g/mol. The van der Waals surface area contributed by atoms with Crippen LogP contribution in [0.5, 0.6) is 5.75 Å². The largest absolute Gasteiger partial charge is 0.508 e. The molecule has 2 aliphatic rings. The number of aryl methyl sites for hydroxylation is 1. The van der Waals surface area contributed by atoms with Crippen molar-refractivity contribution >= 4 is 5.57 Å². The summed E-state index contributed by atoms with van der Waals surface area (Å²) in [4.78, 5) is 2.44. The smallest absolute Gasteiger partial charge is 0.115 e. The van der Waals surface area contributed by atoms with Crippen LogP contribution in [0.25, 0.3) is 5.57 Å². The molecule has 18 heavy (non-hydrogen) atoms. The first-order valence-electron chi connectivity index (χ1n) is 6.87. The number of benzene rings is 1. The van der Waals surface area contributed by atoms with Gasteiger partial charge >= 0.3 is 0 Å². The van der Waals surface area contributed by atoms with Crippen molar-refractivity contribution in [3.05, 3.63) is 35.4 Å². The van der Waals surface area contributed by atoms with E-state index < -0.39 is 0 Å². The number of phenolic OH excluding ortho intramolecular Hbond substituents is 1. The van der Waals surface area contributed by atoms with Gasteiger partial charge in [-0.25, -0.2) is 0 Å². The van der Waals surface area contributed by atoms with E-state index in [1.165, 1.54) is 29.7 Å². The lowest BCUT2D eigenvalue weighted by Crippen LogP contribution is -2.28. The van der Waals surface area contributed by atoms with E-state index in [9.17, 15) is 5.11 Å². The van der Waals surface area contributed by atoms with Gasteiger partial charge in [-0.3, -0.25) is 4.90 Å². The molecule has 3 rings (SSSR count). The molecule has 2 bridgehead atoms. The number of likely N-dealkylation sites (tertiary alicyclic amines) is 1. The van der Waals surface area contributed by atoms with E-state index in [2.05, 4.69) is 24.9 Å². The van der Waals surface area contributed by atoms with E-state index in [-0.39, 0.29) is 0 Å². The van der Waals surface area contributed by atoms with Crippen LogP contribution in [-0.2, 0) is 0 Å². The number of nitrogens with zero attached hydrogens (tertiary/aromatic N) is 1. The topological polar surface area (TPSA) is 23.5 Å². The highest BCUT2D eigenvalue weighted by molar-refractivity contribution is 5.75. The van der Waals surface area contributed by atoms with Crippen molar-refractivity contribution in [3.63, 3.8) is 0 Å². The third kappa shape index (κ3) is 2.17. The fourth-order valence-corrected chi connectivity index (χ4v) is 3.13. The predicted molar refractivity (Wildman–Crippen MR) is 76.7 cm³/mol. The van der Waals surface area contributed by atoms with Gasteiger partial charge < -0.3 is 5.11 Å². The van der Waals surface area contributed by atoms with Crippen LogP contribution in [-0.4, -0.2) is 29.6 Å². The summed E-state index contributed by atoms with van der Waals surface area (Å²) in [5.41, 5.74) is 3.93. The second-order valence-corrected chi connectivity index (χ2v) is 5.07. The summed E-state index contributed by atoms with van der Waals surface area (Å²) >= 11 is 0. The summed E-state index contributed by atoms with van der Waals surface area (Å²) in [5.74, 6) is 1.09. The molecule has 2 unspecified atom stereocenters. The molecule has 2 heteroatoms. The van der Waals surface area contributed by atoms with E-state index in [4.69, 9.17) is 0 Å². The molecule has 0 amide bonds. The van der Waals surface area contributed by atoms with E-state index in [0.717, 1.165) is 5.92 Å². The fraction of sp³-hybridized carbons (Fsp3) is 0.500. The van der Waals surface area contributed by atoms with Crippen LogP contribution < -0.4 is 0 Å². The van der Waals surface area contributed by atoms with Gasteiger partial charge in [0.2, 0.25) is 0 Å². The van der Waals surface area contributed by atoms with Gasteiger partial charge in [0, 0.05) is 12.6 Å². The molecule has 1 aliphatic carbocycles. The normalized spacial score (nSPS) is 25.7. The molecule has 0 spiro atoms. The fourth-order valence-electron chi connectivity index (χ4n) is 3.13. The highest BCUT2D eigenvalue weighted by atomic mass is 16.3. The molecule has 1 N–H and O–H groups in total. The van der Waals surface area contributed by atoms with Crippen molar-refractivity contribution in [1.29, 1.82) is 0 Å². The van der Waals surface area contributed by atoms with Crippen LogP contribution in [0.3, 0.4) is 0 Å². The second kappa shape index (κ2) is 5.15. The third-order valence-corrected chi connectivity index (χ3v) is 3.88. The van der Waals surface area contributed by atoms with E-state index in [1.54, 1.807) is 6.07 Å². The molecule has 0 aromatic heterocycles. The maximum absolute atomic E-state index is 9.43. The first kappa shape index (κ1) is 13.2. The van der Waals surface area contributed by atoms with Crippen LogP contribution in [0.4, 0.5) is 0 Å². The van der Waals surface area contributed by atoms with Gasteiger partial charge in [-0.05, 0) is 55.1 Å². The lowest BCUT2D eigenvalue weighted by atomic mass is 9.96. The lowest BCUT2D eigenvalue weighted by molar-refractivity contribution is 0.353. The Balaban J connectivity index is 0.000000574. The van der Waals surface area contributed by atoms with Crippen molar-refractivity contribution in [1.82, 2.24) is 4.90 Å². The van der Waals surface area contributed by atoms with Crippen LogP contribution in [0.1, 0.15) is 31.4 Å². The Morgan fingerprint density at radius 1 is 1.28 bits per heavy atom. The monoisotopic (exact) mass is 245 g/mol. The zero-order valence-electron chi connectivity index (χ0n) is 11.8. The molecule has 1 aliphatic heterocycles. The Morgan fingerprint density at radius 2 is 2.00 bits per heavy atom. The molecule has 1 saturated heterocycles. The molecule has 1 heterocycles. The van der Waals surface area contributed by atoms with Gasteiger partial charge in [0.05, 0.1) is 0 Å². The molecule has 1 aromatic carbocycles. The van der Waals surface area contributed by atoms with Crippen molar-refractivity contribution in [2.45, 2.75) is 33.2 Å². The SMILES string of the molecule is CC.Cc1cc(O)ccc1C1=CC2CC1N(C)C2. The summed E-state index contributed by atoms with van der Waals surface area (Å²) in [6.45, 7) is 7.27. The number of likely N-dealkylation sites (N-methyl/N-ethyl adjacent to an activating group) is 1. The summed E-state index contributed by atoms with van der Waals surface area (Å²) in [7, 11) is 2.20. The van der Waals surface area contributed by atoms with Crippen LogP contribution >= 0.6 is 0 Å². The van der Waals surface area contributed by atoms with E-state index in [1.807, 2.05) is 26.0 Å². The zero-order valence-corrected chi connectivity index (χ0v) is 11.8. The number of rotatable bonds is 1. The highest BCUT2D eigenvalue weighted by Crippen LogP contribution is 2.41. The van der Waals surface area contributed by atoms with Crippen LogP contribution in [0, 0.1) is 12.8 Å². The predicted octanol–water partition coefficient (Wildman–Crippen LogP) is 3.44. The first-order valence-corrected chi connectivity index (χ1v) is 6.87. The van der Waals surface area contributed by atoms with Crippen molar-refractivity contribution in [2.75, 3.05) is 13.6 Å². The molecule has 1 aromatic rings. The minimum Gasteiger partial charge on any atom is -0.508 e. The first-order chi connectivity index (χ1) is 8.65. The van der Waals surface area contributed by atoms with Gasteiger partial charge in [0.1, 0.15) is 5.75 Å². The van der Waals surface area contributed by atoms with Crippen molar-refractivity contribution < 1.29 is 5.11 Å². The summed E-state index contributed by atoms with van der Waals surface area (Å²) < 4.78 is 0. The molecule has 2 atom stereocenters. The Bertz CT molecular complexity index is 464. The van der Waals surface area contributed by atoms with E-state index >= 15 is 0 Å². The standard InChI is InChI=1S/C14H17NO.C2H6/c1-9-5-11(16)3-4-12(9)13-6-10-7-14(13)15(2)8-10;1-2/h3-6,10,14,16H,7-8H2,1-2H3;1-2H3. The van der Waals surface area contributed by atoms with E-state index in [0.29, 0.717) is 11.8 Å². The minimum absolute atomic E-state index is 0.360.